The Morgan fingerprint density at radius 3 is 2.50 bits per heavy atom. The first-order valence-corrected chi connectivity index (χ1v) is 7.11. The fraction of sp³-hybridized carbons (Fsp3) is 0.625. The van der Waals surface area contributed by atoms with Gasteiger partial charge >= 0.3 is 0 Å². The second-order valence-electron chi connectivity index (χ2n) is 5.90. The van der Waals surface area contributed by atoms with E-state index in [2.05, 4.69) is 50.1 Å². The van der Waals surface area contributed by atoms with Gasteiger partial charge in [0, 0.05) is 18.6 Å². The Morgan fingerprint density at radius 2 is 2.00 bits per heavy atom. The van der Waals surface area contributed by atoms with E-state index < -0.39 is 0 Å². The van der Waals surface area contributed by atoms with Crippen molar-refractivity contribution in [3.05, 3.63) is 35.4 Å². The minimum Gasteiger partial charge on any atom is -0.326 e. The first kappa shape index (κ1) is 13.6. The molecule has 0 aromatic heterocycles. The van der Waals surface area contributed by atoms with E-state index in [0.29, 0.717) is 6.04 Å². The van der Waals surface area contributed by atoms with Crippen molar-refractivity contribution >= 4 is 0 Å². The van der Waals surface area contributed by atoms with Gasteiger partial charge in [0.2, 0.25) is 0 Å². The Hall–Kier alpha value is -0.860. The van der Waals surface area contributed by atoms with E-state index in [1.165, 1.54) is 36.9 Å². The molecule has 2 heteroatoms. The number of nitrogens with two attached hydrogens (primary N) is 1. The van der Waals surface area contributed by atoms with Crippen LogP contribution in [0.5, 0.6) is 0 Å². The maximum atomic E-state index is 6.23. The predicted octanol–water partition coefficient (Wildman–Crippen LogP) is 3.12. The SMILES string of the molecule is Cc1ccccc1C(C(C)N)N(C)CC1CCC1. The highest BCUT2D eigenvalue weighted by Gasteiger charge is 2.26. The van der Waals surface area contributed by atoms with Gasteiger partial charge in [-0.25, -0.2) is 0 Å². The molecule has 1 saturated carbocycles. The van der Waals surface area contributed by atoms with Gasteiger partial charge in [-0.1, -0.05) is 30.7 Å². The summed E-state index contributed by atoms with van der Waals surface area (Å²) in [6.07, 6.45) is 4.19. The lowest BCUT2D eigenvalue weighted by Crippen LogP contribution is -2.41. The predicted molar refractivity (Wildman–Crippen MR) is 77.5 cm³/mol. The first-order valence-electron chi connectivity index (χ1n) is 7.11. The third-order valence-electron chi connectivity index (χ3n) is 4.25. The number of benzene rings is 1. The van der Waals surface area contributed by atoms with Gasteiger partial charge in [-0.2, -0.15) is 0 Å². The van der Waals surface area contributed by atoms with E-state index in [1.807, 2.05) is 0 Å². The average Bonchev–Trinajstić information content (AvgIpc) is 2.26. The van der Waals surface area contributed by atoms with Crippen LogP contribution in [0.2, 0.25) is 0 Å². The van der Waals surface area contributed by atoms with Crippen molar-refractivity contribution in [2.75, 3.05) is 13.6 Å². The summed E-state index contributed by atoms with van der Waals surface area (Å²) >= 11 is 0. The smallest absolute Gasteiger partial charge is 0.0496 e. The number of likely N-dealkylation sites (N-methyl/N-ethyl adjacent to an activating group) is 1. The number of rotatable bonds is 5. The molecule has 1 aliphatic rings. The van der Waals surface area contributed by atoms with Crippen molar-refractivity contribution < 1.29 is 0 Å². The summed E-state index contributed by atoms with van der Waals surface area (Å²) in [6, 6.07) is 9.13. The summed E-state index contributed by atoms with van der Waals surface area (Å²) < 4.78 is 0. The van der Waals surface area contributed by atoms with Crippen LogP contribution in [0.3, 0.4) is 0 Å². The van der Waals surface area contributed by atoms with Crippen LogP contribution in [-0.2, 0) is 0 Å². The van der Waals surface area contributed by atoms with Crippen LogP contribution in [0.25, 0.3) is 0 Å². The fourth-order valence-corrected chi connectivity index (χ4v) is 3.04. The lowest BCUT2D eigenvalue weighted by molar-refractivity contribution is 0.148. The van der Waals surface area contributed by atoms with Crippen molar-refractivity contribution in [2.45, 2.75) is 45.2 Å². The Morgan fingerprint density at radius 1 is 1.33 bits per heavy atom. The quantitative estimate of drug-likeness (QED) is 0.865. The van der Waals surface area contributed by atoms with E-state index in [4.69, 9.17) is 5.73 Å². The summed E-state index contributed by atoms with van der Waals surface area (Å²) in [5.74, 6) is 0.889. The molecule has 0 bridgehead atoms. The van der Waals surface area contributed by atoms with Gasteiger partial charge in [-0.15, -0.1) is 0 Å². The molecule has 0 aliphatic heterocycles. The van der Waals surface area contributed by atoms with Crippen molar-refractivity contribution in [1.82, 2.24) is 4.90 Å². The van der Waals surface area contributed by atoms with Crippen LogP contribution in [-0.4, -0.2) is 24.5 Å². The van der Waals surface area contributed by atoms with Crippen LogP contribution in [0, 0.1) is 12.8 Å². The van der Waals surface area contributed by atoms with E-state index >= 15 is 0 Å². The van der Waals surface area contributed by atoms with Crippen LogP contribution < -0.4 is 5.73 Å². The fourth-order valence-electron chi connectivity index (χ4n) is 3.04. The van der Waals surface area contributed by atoms with Gasteiger partial charge < -0.3 is 5.73 Å². The van der Waals surface area contributed by atoms with Gasteiger partial charge in [-0.3, -0.25) is 4.90 Å². The molecule has 1 aromatic carbocycles. The number of hydrogen-bond acceptors (Lipinski definition) is 2. The van der Waals surface area contributed by atoms with Crippen LogP contribution in [0.1, 0.15) is 43.4 Å². The minimum atomic E-state index is 0.163. The van der Waals surface area contributed by atoms with E-state index in [0.717, 1.165) is 5.92 Å². The highest BCUT2D eigenvalue weighted by molar-refractivity contribution is 5.29. The number of nitrogens with zero attached hydrogens (tertiary/aromatic N) is 1. The molecule has 2 atom stereocenters. The molecule has 0 saturated heterocycles. The summed E-state index contributed by atoms with van der Waals surface area (Å²) in [6.45, 7) is 5.48. The average molecular weight is 246 g/mol. The molecule has 0 amide bonds. The molecule has 18 heavy (non-hydrogen) atoms. The molecule has 0 spiro atoms. The van der Waals surface area contributed by atoms with Crippen molar-refractivity contribution in [3.8, 4) is 0 Å². The molecule has 2 N–H and O–H groups in total. The zero-order valence-electron chi connectivity index (χ0n) is 11.9. The second kappa shape index (κ2) is 5.85. The molecule has 1 aliphatic carbocycles. The minimum absolute atomic E-state index is 0.163. The van der Waals surface area contributed by atoms with Crippen LogP contribution in [0.15, 0.2) is 24.3 Å². The molecule has 1 fully saturated rings. The zero-order valence-corrected chi connectivity index (χ0v) is 11.9. The van der Waals surface area contributed by atoms with E-state index in [1.54, 1.807) is 0 Å². The van der Waals surface area contributed by atoms with E-state index in [9.17, 15) is 0 Å². The monoisotopic (exact) mass is 246 g/mol. The molecule has 0 heterocycles. The molecule has 2 rings (SSSR count). The Kier molecular flexibility index (Phi) is 4.41. The van der Waals surface area contributed by atoms with E-state index in [-0.39, 0.29) is 6.04 Å². The van der Waals surface area contributed by atoms with Gasteiger partial charge in [0.25, 0.3) is 0 Å². The Balaban J connectivity index is 2.14. The maximum Gasteiger partial charge on any atom is 0.0496 e. The van der Waals surface area contributed by atoms with Crippen molar-refractivity contribution in [1.29, 1.82) is 0 Å². The third kappa shape index (κ3) is 2.93. The molecular weight excluding hydrogens is 220 g/mol. The normalized spacial score (nSPS) is 19.6. The van der Waals surface area contributed by atoms with Crippen molar-refractivity contribution in [2.24, 2.45) is 11.7 Å². The maximum absolute atomic E-state index is 6.23. The first-order chi connectivity index (χ1) is 8.59. The summed E-state index contributed by atoms with van der Waals surface area (Å²) in [4.78, 5) is 2.46. The van der Waals surface area contributed by atoms with Crippen molar-refractivity contribution in [3.63, 3.8) is 0 Å². The Bertz CT molecular complexity index is 382. The van der Waals surface area contributed by atoms with Gasteiger partial charge in [0.15, 0.2) is 0 Å². The summed E-state index contributed by atoms with van der Waals surface area (Å²) in [7, 11) is 2.22. The number of aryl methyl sites for hydroxylation is 1. The summed E-state index contributed by atoms with van der Waals surface area (Å²) in [5, 5.41) is 0. The molecule has 2 unspecified atom stereocenters. The largest absolute Gasteiger partial charge is 0.326 e. The Labute approximate surface area is 111 Å². The summed E-state index contributed by atoms with van der Waals surface area (Å²) in [5.41, 5.74) is 8.96. The van der Waals surface area contributed by atoms with Gasteiger partial charge in [0.05, 0.1) is 0 Å². The van der Waals surface area contributed by atoms with Gasteiger partial charge in [0.1, 0.15) is 0 Å². The highest BCUT2D eigenvalue weighted by Crippen LogP contribution is 2.31. The lowest BCUT2D eigenvalue weighted by Gasteiger charge is -2.37. The lowest BCUT2D eigenvalue weighted by atomic mass is 9.84. The molecule has 2 nitrogen and oxygen atoms in total. The molecule has 100 valence electrons. The second-order valence-corrected chi connectivity index (χ2v) is 5.90. The van der Waals surface area contributed by atoms with Crippen LogP contribution >= 0.6 is 0 Å². The highest BCUT2D eigenvalue weighted by atomic mass is 15.1. The molecule has 1 aromatic rings. The standard InChI is InChI=1S/C16H26N2/c1-12-7-4-5-10-15(12)16(13(2)17)18(3)11-14-8-6-9-14/h4-5,7,10,13-14,16H,6,8-9,11,17H2,1-3H3. The topological polar surface area (TPSA) is 29.3 Å². The molecule has 0 radical (unpaired) electrons. The third-order valence-corrected chi connectivity index (χ3v) is 4.25. The zero-order chi connectivity index (χ0) is 13.1. The van der Waals surface area contributed by atoms with Crippen LogP contribution in [0.4, 0.5) is 0 Å². The molecular formula is C16H26N2. The number of hydrogen-bond donors (Lipinski definition) is 1. The van der Waals surface area contributed by atoms with Gasteiger partial charge in [-0.05, 0) is 50.8 Å².